The van der Waals surface area contributed by atoms with Crippen LogP contribution in [0.4, 0.5) is 10.5 Å². The average molecular weight is 430 g/mol. The first-order valence-corrected chi connectivity index (χ1v) is 11.0. The predicted molar refractivity (Wildman–Crippen MR) is 116 cm³/mol. The van der Waals surface area contributed by atoms with Gasteiger partial charge in [-0.2, -0.15) is 0 Å². The van der Waals surface area contributed by atoms with Gasteiger partial charge in [-0.1, -0.05) is 42.1 Å². The van der Waals surface area contributed by atoms with E-state index in [0.29, 0.717) is 19.7 Å². The van der Waals surface area contributed by atoms with E-state index in [4.69, 9.17) is 14.6 Å². The smallest absolute Gasteiger partial charge is 0.409 e. The second-order valence-electron chi connectivity index (χ2n) is 7.16. The zero-order valence-electron chi connectivity index (χ0n) is 16.8. The van der Waals surface area contributed by atoms with Crippen LogP contribution in [-0.4, -0.2) is 73.6 Å². The highest BCUT2D eigenvalue weighted by Crippen LogP contribution is 2.43. The van der Waals surface area contributed by atoms with Crippen LogP contribution in [-0.2, 0) is 9.47 Å². The molecule has 0 radical (unpaired) electrons. The van der Waals surface area contributed by atoms with E-state index in [1.54, 1.807) is 16.7 Å². The number of nitrogens with one attached hydrogen (secondary N) is 1. The SMILES string of the molecule is O=C(OCCOCCO)N1CCN(C2Nc3ccccc3Sc3ccccc32)CC1. The first kappa shape index (κ1) is 21.0. The van der Waals surface area contributed by atoms with Crippen molar-refractivity contribution in [2.24, 2.45) is 0 Å². The topological polar surface area (TPSA) is 74.3 Å². The van der Waals surface area contributed by atoms with Gasteiger partial charge < -0.3 is 24.8 Å². The highest BCUT2D eigenvalue weighted by atomic mass is 32.2. The Morgan fingerprint density at radius 1 is 1.00 bits per heavy atom. The lowest BCUT2D eigenvalue weighted by Gasteiger charge is -2.39. The van der Waals surface area contributed by atoms with Gasteiger partial charge in [0.1, 0.15) is 12.8 Å². The van der Waals surface area contributed by atoms with Crippen molar-refractivity contribution in [1.82, 2.24) is 9.80 Å². The summed E-state index contributed by atoms with van der Waals surface area (Å²) in [5.74, 6) is 0. The number of piperazine rings is 1. The molecule has 0 bridgehead atoms. The summed E-state index contributed by atoms with van der Waals surface area (Å²) < 4.78 is 10.4. The molecule has 1 atom stereocenters. The van der Waals surface area contributed by atoms with Crippen molar-refractivity contribution in [3.8, 4) is 0 Å². The third-order valence-electron chi connectivity index (χ3n) is 5.24. The molecular formula is C22H27N3O4S. The van der Waals surface area contributed by atoms with Gasteiger partial charge in [0.25, 0.3) is 0 Å². The number of carbonyl (C=O) groups is 1. The normalized spacial score (nSPS) is 18.7. The quantitative estimate of drug-likeness (QED) is 0.684. The fourth-order valence-electron chi connectivity index (χ4n) is 3.71. The van der Waals surface area contributed by atoms with Gasteiger partial charge in [-0.25, -0.2) is 4.79 Å². The van der Waals surface area contributed by atoms with E-state index in [0.717, 1.165) is 18.8 Å². The average Bonchev–Trinajstić information content (AvgIpc) is 2.95. The second-order valence-corrected chi connectivity index (χ2v) is 8.24. The number of fused-ring (bicyclic) bond motifs is 2. The lowest BCUT2D eigenvalue weighted by molar-refractivity contribution is 0.0317. The Bertz CT molecular complexity index is 858. The molecule has 4 rings (SSSR count). The molecule has 1 unspecified atom stereocenters. The number of aliphatic hydroxyl groups excluding tert-OH is 1. The fraction of sp³-hybridized carbons (Fsp3) is 0.409. The van der Waals surface area contributed by atoms with E-state index >= 15 is 0 Å². The van der Waals surface area contributed by atoms with Gasteiger partial charge in [0.15, 0.2) is 0 Å². The predicted octanol–water partition coefficient (Wildman–Crippen LogP) is 3.03. The van der Waals surface area contributed by atoms with Crippen molar-refractivity contribution in [2.75, 3.05) is 57.9 Å². The minimum absolute atomic E-state index is 0.0305. The van der Waals surface area contributed by atoms with E-state index in [2.05, 4.69) is 58.7 Å². The van der Waals surface area contributed by atoms with Crippen LogP contribution >= 0.6 is 11.8 Å². The summed E-state index contributed by atoms with van der Waals surface area (Å²) in [5, 5.41) is 12.4. The number of rotatable bonds is 6. The standard InChI is InChI=1S/C22H27N3O4S/c26-13-14-28-15-16-29-22(27)25-11-9-24(10-12-25)21-17-5-1-3-7-19(17)30-20-8-4-2-6-18(20)23-21/h1-8,21,23,26H,9-16H2. The van der Waals surface area contributed by atoms with Crippen LogP contribution in [0, 0.1) is 0 Å². The fourth-order valence-corrected chi connectivity index (χ4v) is 4.78. The molecule has 0 saturated carbocycles. The summed E-state index contributed by atoms with van der Waals surface area (Å²) in [4.78, 5) is 18.9. The molecule has 1 amide bonds. The first-order valence-electron chi connectivity index (χ1n) is 10.2. The van der Waals surface area contributed by atoms with Gasteiger partial charge in [-0.05, 0) is 18.2 Å². The number of anilines is 1. The molecule has 2 aromatic rings. The minimum Gasteiger partial charge on any atom is -0.447 e. The maximum atomic E-state index is 12.3. The molecule has 2 N–H and O–H groups in total. The Balaban J connectivity index is 1.39. The molecule has 1 saturated heterocycles. The van der Waals surface area contributed by atoms with E-state index in [-0.39, 0.29) is 32.1 Å². The minimum atomic E-state index is -0.308. The maximum Gasteiger partial charge on any atom is 0.409 e. The number of ether oxygens (including phenoxy) is 2. The molecule has 0 aromatic heterocycles. The van der Waals surface area contributed by atoms with Crippen molar-refractivity contribution >= 4 is 23.5 Å². The molecule has 2 aliphatic heterocycles. The van der Waals surface area contributed by atoms with E-state index in [1.165, 1.54) is 15.4 Å². The maximum absolute atomic E-state index is 12.3. The molecule has 30 heavy (non-hydrogen) atoms. The number of hydrogen-bond acceptors (Lipinski definition) is 7. The first-order chi connectivity index (χ1) is 14.8. The third kappa shape index (κ3) is 4.89. The number of benzene rings is 2. The molecule has 2 aromatic carbocycles. The molecule has 7 nitrogen and oxygen atoms in total. The Kier molecular flexibility index (Phi) is 7.11. The van der Waals surface area contributed by atoms with Crippen LogP contribution in [0.5, 0.6) is 0 Å². The van der Waals surface area contributed by atoms with Gasteiger partial charge in [-0.3, -0.25) is 4.90 Å². The summed E-state index contributed by atoms with van der Waals surface area (Å²) in [6.45, 7) is 3.47. The van der Waals surface area contributed by atoms with Crippen LogP contribution in [0.2, 0.25) is 0 Å². The van der Waals surface area contributed by atoms with Gasteiger partial charge in [0, 0.05) is 47.2 Å². The molecule has 0 spiro atoms. The van der Waals surface area contributed by atoms with Crippen molar-refractivity contribution in [3.05, 3.63) is 54.1 Å². The lowest BCUT2D eigenvalue weighted by atomic mass is 10.1. The van der Waals surface area contributed by atoms with E-state index in [9.17, 15) is 4.79 Å². The summed E-state index contributed by atoms with van der Waals surface area (Å²) in [6, 6.07) is 16.9. The molecule has 8 heteroatoms. The van der Waals surface area contributed by atoms with Crippen LogP contribution < -0.4 is 5.32 Å². The van der Waals surface area contributed by atoms with Crippen LogP contribution in [0.1, 0.15) is 11.7 Å². The number of para-hydroxylation sites is 1. The van der Waals surface area contributed by atoms with Gasteiger partial charge >= 0.3 is 6.09 Å². The molecule has 2 heterocycles. The third-order valence-corrected chi connectivity index (χ3v) is 6.41. The monoisotopic (exact) mass is 429 g/mol. The number of amides is 1. The number of aliphatic hydroxyl groups is 1. The largest absolute Gasteiger partial charge is 0.447 e. The Hall–Kier alpha value is -2.26. The summed E-state index contributed by atoms with van der Waals surface area (Å²) >= 11 is 1.79. The summed E-state index contributed by atoms with van der Waals surface area (Å²) in [7, 11) is 0. The van der Waals surface area contributed by atoms with Crippen molar-refractivity contribution < 1.29 is 19.4 Å². The number of nitrogens with zero attached hydrogens (tertiary/aromatic N) is 2. The highest BCUT2D eigenvalue weighted by Gasteiger charge is 2.31. The second kappa shape index (κ2) is 10.2. The van der Waals surface area contributed by atoms with E-state index in [1.807, 2.05) is 0 Å². The Morgan fingerprint density at radius 3 is 2.53 bits per heavy atom. The van der Waals surface area contributed by atoms with Crippen LogP contribution in [0.25, 0.3) is 0 Å². The summed E-state index contributed by atoms with van der Waals surface area (Å²) in [6.07, 6.45) is -0.250. The molecule has 2 aliphatic rings. The van der Waals surface area contributed by atoms with Gasteiger partial charge in [0.2, 0.25) is 0 Å². The molecule has 1 fully saturated rings. The lowest BCUT2D eigenvalue weighted by Crippen LogP contribution is -2.51. The highest BCUT2D eigenvalue weighted by molar-refractivity contribution is 7.99. The number of hydrogen-bond donors (Lipinski definition) is 2. The molecule has 0 aliphatic carbocycles. The zero-order valence-corrected chi connectivity index (χ0v) is 17.6. The number of carbonyl (C=O) groups excluding carboxylic acids is 1. The van der Waals surface area contributed by atoms with Crippen LogP contribution in [0.3, 0.4) is 0 Å². The van der Waals surface area contributed by atoms with Crippen molar-refractivity contribution in [1.29, 1.82) is 0 Å². The summed E-state index contributed by atoms with van der Waals surface area (Å²) in [5.41, 5.74) is 2.39. The zero-order chi connectivity index (χ0) is 20.8. The molecular weight excluding hydrogens is 402 g/mol. The van der Waals surface area contributed by atoms with Crippen molar-refractivity contribution in [2.45, 2.75) is 16.0 Å². The van der Waals surface area contributed by atoms with Gasteiger partial charge in [0.05, 0.1) is 19.8 Å². The Labute approximate surface area is 181 Å². The van der Waals surface area contributed by atoms with Gasteiger partial charge in [-0.15, -0.1) is 0 Å². The van der Waals surface area contributed by atoms with Crippen molar-refractivity contribution in [3.63, 3.8) is 0 Å². The van der Waals surface area contributed by atoms with E-state index < -0.39 is 0 Å². The molecule has 160 valence electrons. The Morgan fingerprint density at radius 2 is 1.73 bits per heavy atom. The van der Waals surface area contributed by atoms with Crippen LogP contribution in [0.15, 0.2) is 58.3 Å².